The molecule has 2 aliphatic rings. The molecular formula is C19H20ClN4+. The number of rotatable bonds is 0. The molecule has 0 unspecified atom stereocenters. The van der Waals surface area contributed by atoms with E-state index in [9.17, 15) is 0 Å². The van der Waals surface area contributed by atoms with E-state index in [0.717, 1.165) is 54.6 Å². The van der Waals surface area contributed by atoms with Crippen molar-refractivity contribution < 1.29 is 4.48 Å². The molecule has 4 rings (SSSR count). The molecular weight excluding hydrogens is 320 g/mol. The Morgan fingerprint density at radius 1 is 1.12 bits per heavy atom. The number of amidine groups is 1. The molecule has 0 amide bonds. The van der Waals surface area contributed by atoms with Crippen LogP contribution in [0.1, 0.15) is 5.56 Å². The molecule has 2 aromatic carbocycles. The number of fused-ring (bicyclic) bond motifs is 2. The molecule has 5 heteroatoms. The van der Waals surface area contributed by atoms with Crippen LogP contribution in [0.4, 0.5) is 17.1 Å². The first-order chi connectivity index (χ1) is 11.5. The normalized spacial score (nSPS) is 18.8. The second-order valence-corrected chi connectivity index (χ2v) is 7.12. The highest BCUT2D eigenvalue weighted by molar-refractivity contribution is 6.31. The van der Waals surface area contributed by atoms with Gasteiger partial charge in [0, 0.05) is 16.3 Å². The second kappa shape index (κ2) is 5.80. The zero-order valence-electron chi connectivity index (χ0n) is 13.7. The minimum atomic E-state index is 0.557. The fourth-order valence-corrected chi connectivity index (χ4v) is 3.35. The highest BCUT2D eigenvalue weighted by Gasteiger charge is 2.29. The highest BCUT2D eigenvalue weighted by atomic mass is 35.5. The van der Waals surface area contributed by atoms with Gasteiger partial charge in [-0.2, -0.15) is 0 Å². The van der Waals surface area contributed by atoms with Gasteiger partial charge in [0.25, 0.3) is 0 Å². The predicted octanol–water partition coefficient (Wildman–Crippen LogP) is 3.91. The van der Waals surface area contributed by atoms with Gasteiger partial charge < -0.3 is 14.7 Å². The van der Waals surface area contributed by atoms with Crippen LogP contribution >= 0.6 is 11.6 Å². The van der Waals surface area contributed by atoms with Gasteiger partial charge in [-0.15, -0.1) is 0 Å². The van der Waals surface area contributed by atoms with Crippen LogP contribution in [0.25, 0.3) is 0 Å². The van der Waals surface area contributed by atoms with Gasteiger partial charge in [0.2, 0.25) is 7.05 Å². The Balaban J connectivity index is 1.81. The number of nitrogens with one attached hydrogen (secondary N) is 1. The summed E-state index contributed by atoms with van der Waals surface area (Å²) in [5, 5.41) is 4.20. The lowest BCUT2D eigenvalue weighted by Gasteiger charge is -2.39. The smallest absolute Gasteiger partial charge is 0.206 e. The molecule has 0 spiro atoms. The largest absolute Gasteiger partial charge is 0.353 e. The van der Waals surface area contributed by atoms with Gasteiger partial charge in [-0.3, -0.25) is 0 Å². The van der Waals surface area contributed by atoms with Gasteiger partial charge in [-0.1, -0.05) is 23.7 Å². The van der Waals surface area contributed by atoms with Crippen LogP contribution in [0.15, 0.2) is 47.5 Å². The van der Waals surface area contributed by atoms with Gasteiger partial charge in [-0.25, -0.2) is 4.99 Å². The quantitative estimate of drug-likeness (QED) is 0.737. The predicted molar refractivity (Wildman–Crippen MR) is 99.2 cm³/mol. The summed E-state index contributed by atoms with van der Waals surface area (Å²) in [6, 6.07) is 14.0. The summed E-state index contributed by atoms with van der Waals surface area (Å²) in [5.74, 6) is 0.963. The van der Waals surface area contributed by atoms with Gasteiger partial charge >= 0.3 is 0 Å². The van der Waals surface area contributed by atoms with Crippen molar-refractivity contribution in [1.29, 1.82) is 0 Å². The third-order valence-electron chi connectivity index (χ3n) is 4.68. The molecule has 0 atom stereocenters. The van der Waals surface area contributed by atoms with Gasteiger partial charge in [-0.05, 0) is 30.3 Å². The minimum Gasteiger partial charge on any atom is -0.353 e. The lowest BCUT2D eigenvalue weighted by atomic mass is 10.1. The standard InChI is InChI=1S/C19H20ClN4/c1-24(2)11-9-23(10-12-24)19-15-13-14(20)7-8-16(15)21-17-5-3-4-6-18(17)22-19/h1,3-8,13,21H,9-12H2,2H3/q+1. The molecule has 2 heterocycles. The van der Waals surface area contributed by atoms with E-state index >= 15 is 0 Å². The van der Waals surface area contributed by atoms with Crippen molar-refractivity contribution in [2.24, 2.45) is 4.99 Å². The van der Waals surface area contributed by atoms with E-state index in [1.807, 2.05) is 42.5 Å². The Hall–Kier alpha value is -2.04. The first-order valence-electron chi connectivity index (χ1n) is 8.15. The fourth-order valence-electron chi connectivity index (χ4n) is 3.18. The zero-order chi connectivity index (χ0) is 16.7. The Labute approximate surface area is 148 Å². The number of benzene rings is 2. The fraction of sp³-hybridized carbons (Fsp3) is 0.263. The first kappa shape index (κ1) is 15.5. The maximum Gasteiger partial charge on any atom is 0.206 e. The monoisotopic (exact) mass is 339 g/mol. The summed E-state index contributed by atoms with van der Waals surface area (Å²) in [6.07, 6.45) is 0. The molecule has 2 aliphatic heterocycles. The molecule has 1 fully saturated rings. The van der Waals surface area contributed by atoms with Crippen molar-refractivity contribution >= 4 is 34.5 Å². The Bertz CT molecular complexity index is 803. The topological polar surface area (TPSA) is 27.6 Å². The molecule has 122 valence electrons. The molecule has 2 aromatic rings. The van der Waals surface area contributed by atoms with E-state index in [0.29, 0.717) is 9.51 Å². The molecule has 0 saturated carbocycles. The van der Waals surface area contributed by atoms with Crippen LogP contribution in [-0.4, -0.2) is 48.4 Å². The summed E-state index contributed by atoms with van der Waals surface area (Å²) in [5.41, 5.74) is 4.01. The summed E-state index contributed by atoms with van der Waals surface area (Å²) < 4.78 is 0.557. The van der Waals surface area contributed by atoms with Crippen LogP contribution in [0.5, 0.6) is 0 Å². The number of hydrogen-bond acceptors (Lipinski definition) is 3. The second-order valence-electron chi connectivity index (χ2n) is 6.68. The lowest BCUT2D eigenvalue weighted by Crippen LogP contribution is -2.55. The van der Waals surface area contributed by atoms with Crippen molar-refractivity contribution in [3.05, 3.63) is 60.1 Å². The van der Waals surface area contributed by atoms with Crippen LogP contribution in [0, 0.1) is 7.05 Å². The number of quaternary nitrogens is 1. The van der Waals surface area contributed by atoms with E-state index in [1.54, 1.807) is 0 Å². The average Bonchev–Trinajstić information content (AvgIpc) is 2.71. The van der Waals surface area contributed by atoms with Gasteiger partial charge in [0.15, 0.2) is 0 Å². The number of likely N-dealkylation sites (N-methyl/N-ethyl adjacent to an activating group) is 1. The Morgan fingerprint density at radius 3 is 2.67 bits per heavy atom. The van der Waals surface area contributed by atoms with Crippen LogP contribution in [0.2, 0.25) is 5.02 Å². The summed E-state index contributed by atoms with van der Waals surface area (Å²) in [4.78, 5) is 7.28. The van der Waals surface area contributed by atoms with Crippen LogP contribution < -0.4 is 5.32 Å². The summed E-state index contributed by atoms with van der Waals surface area (Å²) in [6.45, 7) is 3.54. The van der Waals surface area contributed by atoms with Crippen LogP contribution in [-0.2, 0) is 0 Å². The number of nitrogens with zero attached hydrogens (tertiary/aromatic N) is 3. The maximum atomic E-state index is 6.27. The van der Waals surface area contributed by atoms with Gasteiger partial charge in [0.05, 0.1) is 44.6 Å². The van der Waals surface area contributed by atoms with Crippen molar-refractivity contribution in [2.75, 3.05) is 38.5 Å². The zero-order valence-corrected chi connectivity index (χ0v) is 14.4. The highest BCUT2D eigenvalue weighted by Crippen LogP contribution is 2.35. The van der Waals surface area contributed by atoms with E-state index in [2.05, 4.69) is 17.3 Å². The molecule has 0 bridgehead atoms. The summed E-state index contributed by atoms with van der Waals surface area (Å²) in [7, 11) is 8.30. The molecule has 1 saturated heterocycles. The maximum absolute atomic E-state index is 6.27. The summed E-state index contributed by atoms with van der Waals surface area (Å²) >= 11 is 6.27. The molecule has 2 radical (unpaired) electrons. The molecule has 1 N–H and O–H groups in total. The average molecular weight is 340 g/mol. The van der Waals surface area contributed by atoms with Crippen molar-refractivity contribution in [1.82, 2.24) is 4.90 Å². The number of halogens is 1. The number of para-hydroxylation sites is 2. The molecule has 4 nitrogen and oxygen atoms in total. The first-order valence-corrected chi connectivity index (χ1v) is 8.52. The molecule has 0 aromatic heterocycles. The van der Waals surface area contributed by atoms with Crippen LogP contribution in [0.3, 0.4) is 0 Å². The Morgan fingerprint density at radius 2 is 1.88 bits per heavy atom. The van der Waals surface area contributed by atoms with E-state index < -0.39 is 0 Å². The van der Waals surface area contributed by atoms with Crippen molar-refractivity contribution in [3.63, 3.8) is 0 Å². The third kappa shape index (κ3) is 2.87. The SMILES string of the molecule is [CH][N+]1(C)CCN(C2=Nc3ccccc3Nc3ccc(Cl)cc32)CC1. The third-order valence-corrected chi connectivity index (χ3v) is 4.92. The van der Waals surface area contributed by atoms with E-state index in [-0.39, 0.29) is 0 Å². The van der Waals surface area contributed by atoms with E-state index in [4.69, 9.17) is 23.6 Å². The lowest BCUT2D eigenvalue weighted by molar-refractivity contribution is -0.870. The number of hydrogen-bond donors (Lipinski definition) is 1. The number of aliphatic imine (C=N–C) groups is 1. The minimum absolute atomic E-state index is 0.557. The van der Waals surface area contributed by atoms with Gasteiger partial charge in [0.1, 0.15) is 5.84 Å². The van der Waals surface area contributed by atoms with E-state index in [1.165, 1.54) is 0 Å². The molecule has 0 aliphatic carbocycles. The molecule has 24 heavy (non-hydrogen) atoms. The number of anilines is 2. The Kier molecular flexibility index (Phi) is 3.74. The number of piperazine rings is 1. The van der Waals surface area contributed by atoms with Crippen molar-refractivity contribution in [2.45, 2.75) is 0 Å². The van der Waals surface area contributed by atoms with Crippen molar-refractivity contribution in [3.8, 4) is 0 Å².